The Hall–Kier alpha value is -2.96. The Morgan fingerprint density at radius 3 is 2.44 bits per heavy atom. The van der Waals surface area contributed by atoms with E-state index in [4.69, 9.17) is 0 Å². The zero-order valence-electron chi connectivity index (χ0n) is 13.5. The van der Waals surface area contributed by atoms with Gasteiger partial charge < -0.3 is 15.3 Å². The SMILES string of the molecule is C=C1C=CC(NCc2ccc(C(F)(F)F)cc2)=C(C(=O)O)N1/C=C\C. The molecule has 2 N–H and O–H groups in total. The maximum absolute atomic E-state index is 12.6. The molecule has 1 aliphatic heterocycles. The van der Waals surface area contributed by atoms with Crippen molar-refractivity contribution in [2.45, 2.75) is 19.6 Å². The zero-order valence-corrected chi connectivity index (χ0v) is 13.5. The lowest BCUT2D eigenvalue weighted by Crippen LogP contribution is -2.29. The number of nitrogens with one attached hydrogen (secondary N) is 1. The number of carbonyl (C=O) groups is 1. The van der Waals surface area contributed by atoms with Crippen LogP contribution < -0.4 is 5.32 Å². The minimum Gasteiger partial charge on any atom is -0.476 e. The van der Waals surface area contributed by atoms with Crippen molar-refractivity contribution in [1.29, 1.82) is 0 Å². The molecule has 0 aromatic heterocycles. The van der Waals surface area contributed by atoms with E-state index < -0.39 is 17.7 Å². The number of alkyl halides is 3. The number of allylic oxidation sites excluding steroid dienone is 3. The minimum atomic E-state index is -4.38. The molecule has 25 heavy (non-hydrogen) atoms. The van der Waals surface area contributed by atoms with Crippen LogP contribution in [0.4, 0.5) is 13.2 Å². The molecular formula is C18H17F3N2O2. The molecule has 1 heterocycles. The van der Waals surface area contributed by atoms with Gasteiger partial charge in [0.25, 0.3) is 0 Å². The van der Waals surface area contributed by atoms with Crippen LogP contribution in [0.5, 0.6) is 0 Å². The van der Waals surface area contributed by atoms with Gasteiger partial charge in [-0.25, -0.2) is 4.79 Å². The van der Waals surface area contributed by atoms with E-state index in [0.717, 1.165) is 12.1 Å². The van der Waals surface area contributed by atoms with Gasteiger partial charge in [0.15, 0.2) is 5.70 Å². The second-order valence-corrected chi connectivity index (χ2v) is 5.29. The monoisotopic (exact) mass is 350 g/mol. The van der Waals surface area contributed by atoms with Gasteiger partial charge in [0.05, 0.1) is 11.3 Å². The first-order chi connectivity index (χ1) is 11.7. The van der Waals surface area contributed by atoms with Crippen molar-refractivity contribution in [1.82, 2.24) is 10.2 Å². The van der Waals surface area contributed by atoms with E-state index in [0.29, 0.717) is 17.0 Å². The van der Waals surface area contributed by atoms with E-state index >= 15 is 0 Å². The molecule has 132 valence electrons. The Labute approximate surface area is 143 Å². The highest BCUT2D eigenvalue weighted by atomic mass is 19.4. The van der Waals surface area contributed by atoms with Crippen molar-refractivity contribution < 1.29 is 23.1 Å². The lowest BCUT2D eigenvalue weighted by molar-refractivity contribution is -0.137. The molecular weight excluding hydrogens is 333 g/mol. The highest BCUT2D eigenvalue weighted by Crippen LogP contribution is 2.29. The van der Waals surface area contributed by atoms with Crippen LogP contribution in [0, 0.1) is 0 Å². The van der Waals surface area contributed by atoms with Crippen LogP contribution in [-0.4, -0.2) is 16.0 Å². The van der Waals surface area contributed by atoms with Gasteiger partial charge in [-0.3, -0.25) is 0 Å². The third kappa shape index (κ3) is 4.32. The number of aliphatic carboxylic acids is 1. The second kappa shape index (κ2) is 7.29. The van der Waals surface area contributed by atoms with Gasteiger partial charge in [-0.1, -0.05) is 24.8 Å². The molecule has 4 nitrogen and oxygen atoms in total. The molecule has 1 aromatic carbocycles. The summed E-state index contributed by atoms with van der Waals surface area (Å²) in [6, 6.07) is 4.69. The molecule has 0 atom stereocenters. The number of hydrogen-bond acceptors (Lipinski definition) is 3. The molecule has 7 heteroatoms. The van der Waals surface area contributed by atoms with E-state index in [2.05, 4.69) is 11.9 Å². The van der Waals surface area contributed by atoms with E-state index in [-0.39, 0.29) is 12.2 Å². The summed E-state index contributed by atoms with van der Waals surface area (Å²) in [5.74, 6) is -1.14. The van der Waals surface area contributed by atoms with Crippen molar-refractivity contribution in [2.75, 3.05) is 0 Å². The van der Waals surface area contributed by atoms with Crippen molar-refractivity contribution >= 4 is 5.97 Å². The fraction of sp³-hybridized carbons (Fsp3) is 0.167. The van der Waals surface area contributed by atoms with E-state index in [1.807, 2.05) is 0 Å². The van der Waals surface area contributed by atoms with Crippen molar-refractivity contribution in [3.63, 3.8) is 0 Å². The summed E-state index contributed by atoms with van der Waals surface area (Å²) in [4.78, 5) is 13.0. The van der Waals surface area contributed by atoms with Crippen LogP contribution in [0.1, 0.15) is 18.1 Å². The molecule has 0 saturated carbocycles. The summed E-state index contributed by atoms with van der Waals surface area (Å²) in [6.45, 7) is 5.72. The van der Waals surface area contributed by atoms with Crippen LogP contribution in [0.2, 0.25) is 0 Å². The van der Waals surface area contributed by atoms with Crippen LogP contribution in [-0.2, 0) is 17.5 Å². The summed E-state index contributed by atoms with van der Waals surface area (Å²) >= 11 is 0. The van der Waals surface area contributed by atoms with Gasteiger partial charge in [-0.15, -0.1) is 0 Å². The maximum atomic E-state index is 12.6. The second-order valence-electron chi connectivity index (χ2n) is 5.29. The standard InChI is InChI=1S/C18H17F3N2O2/c1-3-10-23-12(2)4-9-15(16(23)17(24)25)22-11-13-5-7-14(8-6-13)18(19,20)21/h3-10,22H,2,11H2,1H3,(H,24,25)/b10-3-. The normalized spacial score (nSPS) is 15.2. The first-order valence-electron chi connectivity index (χ1n) is 7.40. The smallest absolute Gasteiger partial charge is 0.416 e. The molecule has 0 saturated heterocycles. The number of nitrogens with zero attached hydrogens (tertiary/aromatic N) is 1. The first kappa shape index (κ1) is 18.4. The Morgan fingerprint density at radius 2 is 1.92 bits per heavy atom. The Kier molecular flexibility index (Phi) is 5.36. The highest BCUT2D eigenvalue weighted by molar-refractivity contribution is 5.88. The van der Waals surface area contributed by atoms with Gasteiger partial charge in [0.2, 0.25) is 0 Å². The van der Waals surface area contributed by atoms with Crippen molar-refractivity contribution in [2.24, 2.45) is 0 Å². The number of benzene rings is 1. The minimum absolute atomic E-state index is 0.00230. The predicted octanol–water partition coefficient (Wildman–Crippen LogP) is 4.01. The highest BCUT2D eigenvalue weighted by Gasteiger charge is 2.30. The quantitative estimate of drug-likeness (QED) is 0.842. The Balaban J connectivity index is 2.21. The van der Waals surface area contributed by atoms with E-state index in [9.17, 15) is 23.1 Å². The molecule has 0 amide bonds. The molecule has 1 aliphatic rings. The molecule has 0 fully saturated rings. The van der Waals surface area contributed by atoms with Crippen LogP contribution in [0.3, 0.4) is 0 Å². The summed E-state index contributed by atoms with van der Waals surface area (Å²) in [7, 11) is 0. The predicted molar refractivity (Wildman–Crippen MR) is 87.9 cm³/mol. The lowest BCUT2D eigenvalue weighted by atomic mass is 10.1. The number of rotatable bonds is 5. The van der Waals surface area contributed by atoms with Gasteiger partial charge in [-0.2, -0.15) is 13.2 Å². The van der Waals surface area contributed by atoms with Gasteiger partial charge in [-0.05, 0) is 36.8 Å². The summed E-state index contributed by atoms with van der Waals surface area (Å²) in [5, 5.41) is 12.4. The van der Waals surface area contributed by atoms with Crippen molar-refractivity contribution in [3.05, 3.63) is 83.5 Å². The zero-order chi connectivity index (χ0) is 18.6. The molecule has 0 spiro atoms. The molecule has 0 radical (unpaired) electrons. The van der Waals surface area contributed by atoms with Crippen LogP contribution in [0.15, 0.2) is 72.4 Å². The third-order valence-electron chi connectivity index (χ3n) is 3.51. The summed E-state index contributed by atoms with van der Waals surface area (Å²) in [6.07, 6.45) is 2.11. The maximum Gasteiger partial charge on any atom is 0.416 e. The Morgan fingerprint density at radius 1 is 1.28 bits per heavy atom. The molecule has 0 bridgehead atoms. The van der Waals surface area contributed by atoms with Gasteiger partial charge in [0, 0.05) is 18.4 Å². The first-order valence-corrected chi connectivity index (χ1v) is 7.40. The topological polar surface area (TPSA) is 52.6 Å². The van der Waals surface area contributed by atoms with Crippen LogP contribution in [0.25, 0.3) is 0 Å². The molecule has 1 aromatic rings. The van der Waals surface area contributed by atoms with E-state index in [1.54, 1.807) is 31.4 Å². The number of hydrogen-bond donors (Lipinski definition) is 2. The number of halogens is 3. The third-order valence-corrected chi connectivity index (χ3v) is 3.51. The van der Waals surface area contributed by atoms with Gasteiger partial charge in [0.1, 0.15) is 0 Å². The fourth-order valence-electron chi connectivity index (χ4n) is 2.30. The molecule has 0 unspecified atom stereocenters. The molecule has 0 aliphatic carbocycles. The number of carboxylic acid groups (broad SMARTS) is 1. The average Bonchev–Trinajstić information content (AvgIpc) is 2.54. The molecule has 2 rings (SSSR count). The number of carboxylic acids is 1. The fourth-order valence-corrected chi connectivity index (χ4v) is 2.30. The van der Waals surface area contributed by atoms with Crippen molar-refractivity contribution in [3.8, 4) is 0 Å². The van der Waals surface area contributed by atoms with Crippen LogP contribution >= 0.6 is 0 Å². The lowest BCUT2D eigenvalue weighted by Gasteiger charge is -2.27. The summed E-state index contributed by atoms with van der Waals surface area (Å²) in [5.41, 5.74) is 0.710. The Bertz CT molecular complexity index is 760. The summed E-state index contributed by atoms with van der Waals surface area (Å²) < 4.78 is 37.7. The average molecular weight is 350 g/mol. The largest absolute Gasteiger partial charge is 0.476 e. The van der Waals surface area contributed by atoms with Gasteiger partial charge >= 0.3 is 12.1 Å². The van der Waals surface area contributed by atoms with E-state index in [1.165, 1.54) is 17.0 Å².